The Labute approximate surface area is 99.7 Å². The number of halogens is 2. The second-order valence-electron chi connectivity index (χ2n) is 4.22. The lowest BCUT2D eigenvalue weighted by Gasteiger charge is -2.21. The minimum Gasteiger partial charge on any atom is -0.390 e. The molecule has 2 unspecified atom stereocenters. The van der Waals surface area contributed by atoms with E-state index in [1.54, 1.807) is 26.0 Å². The maximum absolute atomic E-state index is 13.5. The summed E-state index contributed by atoms with van der Waals surface area (Å²) in [7, 11) is 0. The molecule has 2 nitrogen and oxygen atoms in total. The molecule has 2 atom stereocenters. The van der Waals surface area contributed by atoms with Gasteiger partial charge in [-0.15, -0.1) is 0 Å². The molecule has 1 aromatic carbocycles. The normalized spacial score (nSPS) is 15.2. The summed E-state index contributed by atoms with van der Waals surface area (Å²) >= 11 is 5.62. The third-order valence-corrected chi connectivity index (χ3v) is 2.83. The van der Waals surface area contributed by atoms with E-state index in [0.29, 0.717) is 5.56 Å². The molecule has 2 N–H and O–H groups in total. The maximum Gasteiger partial charge on any atom is 0.145 e. The van der Waals surface area contributed by atoms with Crippen LogP contribution >= 0.6 is 11.6 Å². The quantitative estimate of drug-likeness (QED) is 0.857. The first kappa shape index (κ1) is 13.4. The molecule has 0 aliphatic heterocycles. The number of benzene rings is 1. The van der Waals surface area contributed by atoms with Crippen molar-refractivity contribution in [2.24, 2.45) is 5.92 Å². The van der Waals surface area contributed by atoms with Crippen LogP contribution in [-0.4, -0.2) is 22.4 Å². The summed E-state index contributed by atoms with van der Waals surface area (Å²) in [6.45, 7) is 3.59. The average Bonchev–Trinajstić information content (AvgIpc) is 2.23. The highest BCUT2D eigenvalue weighted by Crippen LogP contribution is 2.20. The zero-order valence-electron chi connectivity index (χ0n) is 9.32. The lowest BCUT2D eigenvalue weighted by Crippen LogP contribution is -2.32. The topological polar surface area (TPSA) is 40.5 Å². The molecule has 1 aromatic rings. The van der Waals surface area contributed by atoms with Crippen molar-refractivity contribution >= 4 is 11.6 Å². The van der Waals surface area contributed by atoms with E-state index >= 15 is 0 Å². The van der Waals surface area contributed by atoms with Gasteiger partial charge in [0.15, 0.2) is 0 Å². The third kappa shape index (κ3) is 3.17. The Hall–Kier alpha value is -0.640. The fraction of sp³-hybridized carbons (Fsp3) is 0.500. The van der Waals surface area contributed by atoms with Crippen molar-refractivity contribution in [1.29, 1.82) is 0 Å². The van der Waals surface area contributed by atoms with E-state index in [9.17, 15) is 14.6 Å². The molecule has 4 heteroatoms. The minimum atomic E-state index is -0.979. The fourth-order valence-corrected chi connectivity index (χ4v) is 1.69. The molecule has 0 fully saturated rings. The van der Waals surface area contributed by atoms with Gasteiger partial charge < -0.3 is 10.2 Å². The zero-order valence-corrected chi connectivity index (χ0v) is 10.1. The predicted octanol–water partition coefficient (Wildman–Crippen LogP) is 2.40. The van der Waals surface area contributed by atoms with Crippen molar-refractivity contribution in [3.8, 4) is 0 Å². The number of hydrogen-bond acceptors (Lipinski definition) is 2. The lowest BCUT2D eigenvalue weighted by atomic mass is 9.96. The van der Waals surface area contributed by atoms with E-state index in [2.05, 4.69) is 0 Å². The molecular formula is C12H16ClFO2. The van der Waals surface area contributed by atoms with E-state index in [1.165, 1.54) is 6.07 Å². The Morgan fingerprint density at radius 2 is 1.94 bits per heavy atom. The van der Waals surface area contributed by atoms with Crippen molar-refractivity contribution in [2.45, 2.75) is 32.5 Å². The molecule has 0 aromatic heterocycles. The van der Waals surface area contributed by atoms with Crippen LogP contribution in [0.5, 0.6) is 0 Å². The molecule has 0 spiro atoms. The summed E-state index contributed by atoms with van der Waals surface area (Å²) < 4.78 is 13.5. The molecule has 16 heavy (non-hydrogen) atoms. The van der Waals surface area contributed by atoms with Gasteiger partial charge in [0.2, 0.25) is 0 Å². The molecule has 0 amide bonds. The number of aliphatic hydroxyl groups excluding tert-OH is 2. The van der Waals surface area contributed by atoms with Crippen molar-refractivity contribution in [1.82, 2.24) is 0 Å². The third-order valence-electron chi connectivity index (χ3n) is 2.54. The van der Waals surface area contributed by atoms with Gasteiger partial charge in [0, 0.05) is 6.42 Å². The summed E-state index contributed by atoms with van der Waals surface area (Å²) in [5.74, 6) is -0.601. The smallest absolute Gasteiger partial charge is 0.145 e. The zero-order chi connectivity index (χ0) is 12.3. The van der Waals surface area contributed by atoms with Gasteiger partial charge in [-0.25, -0.2) is 4.39 Å². The molecule has 90 valence electrons. The van der Waals surface area contributed by atoms with Crippen molar-refractivity contribution < 1.29 is 14.6 Å². The van der Waals surface area contributed by atoms with Crippen LogP contribution in [0.2, 0.25) is 5.02 Å². The first-order valence-electron chi connectivity index (χ1n) is 5.22. The Bertz CT molecular complexity index is 355. The van der Waals surface area contributed by atoms with Crippen LogP contribution in [-0.2, 0) is 6.42 Å². The number of hydrogen-bond donors (Lipinski definition) is 2. The summed E-state index contributed by atoms with van der Waals surface area (Å²) in [5.41, 5.74) is 0.319. The van der Waals surface area contributed by atoms with E-state index in [-0.39, 0.29) is 17.4 Å². The summed E-state index contributed by atoms with van der Waals surface area (Å²) in [4.78, 5) is 0. The molecule has 0 saturated carbocycles. The van der Waals surface area contributed by atoms with Gasteiger partial charge in [-0.3, -0.25) is 0 Å². The van der Waals surface area contributed by atoms with Crippen molar-refractivity contribution in [2.75, 3.05) is 0 Å². The van der Waals surface area contributed by atoms with Crippen LogP contribution < -0.4 is 0 Å². The average molecular weight is 247 g/mol. The molecule has 0 aliphatic carbocycles. The van der Waals surface area contributed by atoms with Gasteiger partial charge in [0.1, 0.15) is 5.82 Å². The summed E-state index contributed by atoms with van der Waals surface area (Å²) in [6.07, 6.45) is -1.78. The molecule has 1 rings (SSSR count). The van der Waals surface area contributed by atoms with E-state index < -0.39 is 18.0 Å². The second kappa shape index (κ2) is 5.62. The molecule has 0 radical (unpaired) electrons. The van der Waals surface area contributed by atoms with Gasteiger partial charge in [0.25, 0.3) is 0 Å². The Morgan fingerprint density at radius 3 is 2.50 bits per heavy atom. The van der Waals surface area contributed by atoms with Gasteiger partial charge in [0.05, 0.1) is 17.2 Å². The number of rotatable bonds is 4. The molecule has 0 bridgehead atoms. The van der Waals surface area contributed by atoms with Gasteiger partial charge in [-0.05, 0) is 17.5 Å². The van der Waals surface area contributed by atoms with Crippen LogP contribution in [0, 0.1) is 11.7 Å². The van der Waals surface area contributed by atoms with Crippen LogP contribution in [0.3, 0.4) is 0 Å². The standard InChI is InChI=1S/C12H16ClFO2/c1-7(2)12(16)10(15)6-8-4-3-5-9(13)11(8)14/h3-5,7,10,12,15-16H,6H2,1-2H3. The Balaban J connectivity index is 2.77. The summed E-state index contributed by atoms with van der Waals surface area (Å²) in [5, 5.41) is 19.3. The maximum atomic E-state index is 13.5. The van der Waals surface area contributed by atoms with E-state index in [0.717, 1.165) is 0 Å². The lowest BCUT2D eigenvalue weighted by molar-refractivity contribution is -0.00768. The van der Waals surface area contributed by atoms with E-state index in [4.69, 9.17) is 11.6 Å². The SMILES string of the molecule is CC(C)C(O)C(O)Cc1cccc(Cl)c1F. The largest absolute Gasteiger partial charge is 0.390 e. The highest BCUT2D eigenvalue weighted by atomic mass is 35.5. The first-order chi connectivity index (χ1) is 7.43. The predicted molar refractivity (Wildman–Crippen MR) is 62.0 cm³/mol. The first-order valence-corrected chi connectivity index (χ1v) is 5.60. The summed E-state index contributed by atoms with van der Waals surface area (Å²) in [6, 6.07) is 4.62. The molecule has 0 saturated heterocycles. The Morgan fingerprint density at radius 1 is 1.31 bits per heavy atom. The number of aliphatic hydroxyl groups is 2. The van der Waals surface area contributed by atoms with Crippen LogP contribution in [0.25, 0.3) is 0 Å². The minimum absolute atomic E-state index is 0.0312. The fourth-order valence-electron chi connectivity index (χ4n) is 1.50. The molecular weight excluding hydrogens is 231 g/mol. The van der Waals surface area contributed by atoms with Crippen molar-refractivity contribution in [3.63, 3.8) is 0 Å². The van der Waals surface area contributed by atoms with Gasteiger partial charge >= 0.3 is 0 Å². The van der Waals surface area contributed by atoms with Crippen molar-refractivity contribution in [3.05, 3.63) is 34.6 Å². The van der Waals surface area contributed by atoms with Gasteiger partial charge in [-0.1, -0.05) is 37.6 Å². The van der Waals surface area contributed by atoms with Crippen LogP contribution in [0.1, 0.15) is 19.4 Å². The van der Waals surface area contributed by atoms with E-state index in [1.807, 2.05) is 0 Å². The Kier molecular flexibility index (Phi) is 4.71. The second-order valence-corrected chi connectivity index (χ2v) is 4.63. The van der Waals surface area contributed by atoms with Gasteiger partial charge in [-0.2, -0.15) is 0 Å². The monoisotopic (exact) mass is 246 g/mol. The van der Waals surface area contributed by atoms with Crippen LogP contribution in [0.4, 0.5) is 4.39 Å². The molecule has 0 aliphatic rings. The highest BCUT2D eigenvalue weighted by Gasteiger charge is 2.21. The van der Waals surface area contributed by atoms with Crippen LogP contribution in [0.15, 0.2) is 18.2 Å². The molecule has 0 heterocycles. The highest BCUT2D eigenvalue weighted by molar-refractivity contribution is 6.30.